The summed E-state index contributed by atoms with van der Waals surface area (Å²) in [6.07, 6.45) is -0.416. The third kappa shape index (κ3) is 1.95. The van der Waals surface area contributed by atoms with Crippen molar-refractivity contribution < 1.29 is 19.0 Å². The van der Waals surface area contributed by atoms with Crippen LogP contribution in [-0.2, 0) is 19.0 Å². The Labute approximate surface area is 87.3 Å². The first-order valence-electron chi connectivity index (χ1n) is 4.62. The van der Waals surface area contributed by atoms with Gasteiger partial charge in [-0.25, -0.2) is 0 Å². The Morgan fingerprint density at radius 2 is 2.14 bits per heavy atom. The summed E-state index contributed by atoms with van der Waals surface area (Å²) in [4.78, 5) is 11.0. The summed E-state index contributed by atoms with van der Waals surface area (Å²) < 4.78 is 16.6. The summed E-state index contributed by atoms with van der Waals surface area (Å²) in [6, 6.07) is 0. The van der Waals surface area contributed by atoms with Crippen LogP contribution < -0.4 is 0 Å². The largest absolute Gasteiger partial charge is 0.349 e. The third-order valence-corrected chi connectivity index (χ3v) is 3.24. The van der Waals surface area contributed by atoms with Gasteiger partial charge in [-0.3, -0.25) is 4.79 Å². The van der Waals surface area contributed by atoms with Gasteiger partial charge in [-0.1, -0.05) is 11.8 Å². The zero-order chi connectivity index (χ0) is 10.3. The van der Waals surface area contributed by atoms with Gasteiger partial charge in [0.25, 0.3) is 0 Å². The highest BCUT2D eigenvalue weighted by molar-refractivity contribution is 8.14. The van der Waals surface area contributed by atoms with E-state index in [2.05, 4.69) is 0 Å². The first kappa shape index (κ1) is 10.4. The monoisotopic (exact) mass is 218 g/mol. The lowest BCUT2D eigenvalue weighted by Crippen LogP contribution is -2.28. The molecular formula is C9H14O4S. The molecule has 0 aliphatic carbocycles. The Kier molecular flexibility index (Phi) is 2.59. The minimum Gasteiger partial charge on any atom is -0.349 e. The van der Waals surface area contributed by atoms with E-state index in [0.717, 1.165) is 0 Å². The highest BCUT2D eigenvalue weighted by Crippen LogP contribution is 2.39. The molecule has 2 rings (SSSR count). The SMILES string of the molecule is CC(=O)S[C@H]1CO[C@@H]2OC(C)(C)O[C@@H]21. The summed E-state index contributed by atoms with van der Waals surface area (Å²) in [7, 11) is 0. The number of thioether (sulfide) groups is 1. The van der Waals surface area contributed by atoms with Crippen molar-refractivity contribution in [3.05, 3.63) is 0 Å². The quantitative estimate of drug-likeness (QED) is 0.660. The molecule has 0 bridgehead atoms. The molecule has 0 aromatic heterocycles. The average molecular weight is 218 g/mol. The molecular weight excluding hydrogens is 204 g/mol. The van der Waals surface area contributed by atoms with E-state index in [4.69, 9.17) is 14.2 Å². The van der Waals surface area contributed by atoms with Crippen molar-refractivity contribution in [3.63, 3.8) is 0 Å². The molecule has 3 atom stereocenters. The van der Waals surface area contributed by atoms with Crippen LogP contribution in [0.3, 0.4) is 0 Å². The minimum absolute atomic E-state index is 0.0688. The Hall–Kier alpha value is -0.100. The van der Waals surface area contributed by atoms with Crippen LogP contribution in [0, 0.1) is 0 Å². The lowest BCUT2D eigenvalue weighted by Gasteiger charge is -2.19. The maximum atomic E-state index is 11.0. The summed E-state index contributed by atoms with van der Waals surface area (Å²) in [5, 5.41) is 0.159. The molecule has 2 aliphatic rings. The van der Waals surface area contributed by atoms with Gasteiger partial charge in [0.2, 0.25) is 0 Å². The molecule has 5 heteroatoms. The number of rotatable bonds is 1. The number of carbonyl (C=O) groups is 1. The zero-order valence-electron chi connectivity index (χ0n) is 8.48. The third-order valence-electron chi connectivity index (χ3n) is 2.20. The van der Waals surface area contributed by atoms with E-state index in [-0.39, 0.29) is 22.8 Å². The lowest BCUT2D eigenvalue weighted by molar-refractivity contribution is -0.192. The van der Waals surface area contributed by atoms with Gasteiger partial charge in [-0.15, -0.1) is 0 Å². The predicted octanol–water partition coefficient (Wildman–Crippen LogP) is 1.14. The van der Waals surface area contributed by atoms with Crippen molar-refractivity contribution in [2.75, 3.05) is 6.61 Å². The van der Waals surface area contributed by atoms with E-state index < -0.39 is 5.79 Å². The average Bonchev–Trinajstić information content (AvgIpc) is 2.47. The number of carbonyl (C=O) groups excluding carboxylic acids is 1. The lowest BCUT2D eigenvalue weighted by atomic mass is 10.3. The van der Waals surface area contributed by atoms with E-state index >= 15 is 0 Å². The number of fused-ring (bicyclic) bond motifs is 1. The van der Waals surface area contributed by atoms with Crippen LogP contribution in [0.5, 0.6) is 0 Å². The van der Waals surface area contributed by atoms with Gasteiger partial charge in [-0.05, 0) is 13.8 Å². The predicted molar refractivity (Wildman–Crippen MR) is 51.8 cm³/mol. The standard InChI is InChI=1S/C9H14O4S/c1-5(10)14-6-4-11-8-7(6)12-9(2,3)13-8/h6-8H,4H2,1-3H3/t6-,7+,8+/m0/s1. The molecule has 80 valence electrons. The van der Waals surface area contributed by atoms with E-state index in [1.807, 2.05) is 13.8 Å². The smallest absolute Gasteiger partial charge is 0.188 e. The summed E-state index contributed by atoms with van der Waals surface area (Å²) in [5.41, 5.74) is 0. The molecule has 0 spiro atoms. The van der Waals surface area contributed by atoms with Crippen molar-refractivity contribution in [1.82, 2.24) is 0 Å². The first-order chi connectivity index (χ1) is 6.48. The van der Waals surface area contributed by atoms with Gasteiger partial charge in [0.05, 0.1) is 11.9 Å². The normalized spacial score (nSPS) is 39.8. The van der Waals surface area contributed by atoms with Crippen LogP contribution in [0.25, 0.3) is 0 Å². The van der Waals surface area contributed by atoms with Crippen LogP contribution in [0.2, 0.25) is 0 Å². The van der Waals surface area contributed by atoms with E-state index in [0.29, 0.717) is 6.61 Å². The van der Waals surface area contributed by atoms with Crippen molar-refractivity contribution in [3.8, 4) is 0 Å². The van der Waals surface area contributed by atoms with Gasteiger partial charge in [0.1, 0.15) is 6.10 Å². The van der Waals surface area contributed by atoms with Gasteiger partial charge in [0.15, 0.2) is 17.2 Å². The number of hydrogen-bond acceptors (Lipinski definition) is 5. The molecule has 14 heavy (non-hydrogen) atoms. The highest BCUT2D eigenvalue weighted by atomic mass is 32.2. The maximum absolute atomic E-state index is 11.0. The van der Waals surface area contributed by atoms with Crippen molar-refractivity contribution in [2.24, 2.45) is 0 Å². The Morgan fingerprint density at radius 3 is 2.79 bits per heavy atom. The Balaban J connectivity index is 2.01. The van der Waals surface area contributed by atoms with E-state index in [1.165, 1.54) is 11.8 Å². The summed E-state index contributed by atoms with van der Waals surface area (Å²) in [5.74, 6) is -0.592. The molecule has 0 aromatic rings. The molecule has 0 saturated carbocycles. The molecule has 2 heterocycles. The second-order valence-electron chi connectivity index (χ2n) is 3.95. The second-order valence-corrected chi connectivity index (χ2v) is 5.37. The van der Waals surface area contributed by atoms with Crippen LogP contribution in [0.1, 0.15) is 20.8 Å². The molecule has 2 saturated heterocycles. The fourth-order valence-corrected chi connectivity index (χ4v) is 2.63. The van der Waals surface area contributed by atoms with Crippen LogP contribution >= 0.6 is 11.8 Å². The number of ether oxygens (including phenoxy) is 3. The molecule has 0 aromatic carbocycles. The van der Waals surface area contributed by atoms with Gasteiger partial charge < -0.3 is 14.2 Å². The fourth-order valence-electron chi connectivity index (χ4n) is 1.74. The van der Waals surface area contributed by atoms with Crippen LogP contribution in [0.15, 0.2) is 0 Å². The van der Waals surface area contributed by atoms with Crippen LogP contribution in [0.4, 0.5) is 0 Å². The number of hydrogen-bond donors (Lipinski definition) is 0. The molecule has 0 unspecified atom stereocenters. The van der Waals surface area contributed by atoms with Gasteiger partial charge >= 0.3 is 0 Å². The van der Waals surface area contributed by atoms with Gasteiger partial charge in [0, 0.05) is 6.92 Å². The van der Waals surface area contributed by atoms with Crippen molar-refractivity contribution >= 4 is 16.9 Å². The molecule has 0 amide bonds. The molecule has 0 N–H and O–H groups in total. The Morgan fingerprint density at radius 1 is 1.43 bits per heavy atom. The van der Waals surface area contributed by atoms with E-state index in [9.17, 15) is 4.79 Å². The summed E-state index contributed by atoms with van der Waals surface area (Å²) >= 11 is 1.27. The Bertz CT molecular complexity index is 253. The summed E-state index contributed by atoms with van der Waals surface area (Å²) in [6.45, 7) is 5.78. The van der Waals surface area contributed by atoms with E-state index in [1.54, 1.807) is 6.92 Å². The maximum Gasteiger partial charge on any atom is 0.188 e. The topological polar surface area (TPSA) is 44.8 Å². The van der Waals surface area contributed by atoms with Gasteiger partial charge in [-0.2, -0.15) is 0 Å². The van der Waals surface area contributed by atoms with Crippen molar-refractivity contribution in [2.45, 2.75) is 44.2 Å². The molecule has 4 nitrogen and oxygen atoms in total. The van der Waals surface area contributed by atoms with Crippen LogP contribution in [-0.4, -0.2) is 35.2 Å². The minimum atomic E-state index is -0.592. The molecule has 0 radical (unpaired) electrons. The first-order valence-corrected chi connectivity index (χ1v) is 5.50. The highest BCUT2D eigenvalue weighted by Gasteiger charge is 2.50. The van der Waals surface area contributed by atoms with Crippen molar-refractivity contribution in [1.29, 1.82) is 0 Å². The molecule has 2 aliphatic heterocycles. The second kappa shape index (κ2) is 3.48. The zero-order valence-corrected chi connectivity index (χ0v) is 9.30. The fraction of sp³-hybridized carbons (Fsp3) is 0.889. The molecule has 2 fully saturated rings.